The first-order valence-electron chi connectivity index (χ1n) is 9.51. The van der Waals surface area contributed by atoms with Gasteiger partial charge in [-0.2, -0.15) is 0 Å². The summed E-state index contributed by atoms with van der Waals surface area (Å²) in [6.45, 7) is 0.314. The van der Waals surface area contributed by atoms with Crippen LogP contribution in [0.4, 0.5) is 4.79 Å². The Morgan fingerprint density at radius 1 is 0.967 bits per heavy atom. The molecule has 1 atom stereocenters. The third kappa shape index (κ3) is 4.30. The average molecular weight is 399 g/mol. The minimum atomic E-state index is -0.586. The molecule has 0 aliphatic carbocycles. The summed E-state index contributed by atoms with van der Waals surface area (Å²) >= 11 is 0. The van der Waals surface area contributed by atoms with Crippen LogP contribution < -0.4 is 16.4 Å². The molecule has 0 spiro atoms. The molecule has 150 valence electrons. The summed E-state index contributed by atoms with van der Waals surface area (Å²) in [5.74, 6) is -0.192. The van der Waals surface area contributed by atoms with Crippen molar-refractivity contribution < 1.29 is 9.59 Å². The first-order chi connectivity index (χ1) is 14.6. The number of amides is 3. The van der Waals surface area contributed by atoms with Crippen LogP contribution in [0.1, 0.15) is 33.1 Å². The highest BCUT2D eigenvalue weighted by molar-refractivity contribution is 5.94. The maximum atomic E-state index is 13.0. The quantitative estimate of drug-likeness (QED) is 0.399. The second-order valence-electron chi connectivity index (χ2n) is 6.91. The lowest BCUT2D eigenvalue weighted by Gasteiger charge is -2.20. The average Bonchev–Trinajstić information content (AvgIpc) is 3.24. The van der Waals surface area contributed by atoms with Crippen LogP contribution in [0, 0.1) is 0 Å². The maximum absolute atomic E-state index is 13.0. The summed E-state index contributed by atoms with van der Waals surface area (Å²) < 4.78 is 0. The fourth-order valence-electron chi connectivity index (χ4n) is 3.31. The summed E-state index contributed by atoms with van der Waals surface area (Å²) in [6.07, 6.45) is 1.65. The van der Waals surface area contributed by atoms with Crippen LogP contribution in [0.15, 0.2) is 79.1 Å². The van der Waals surface area contributed by atoms with Gasteiger partial charge in [-0.15, -0.1) is 0 Å². The molecule has 0 aliphatic heterocycles. The van der Waals surface area contributed by atoms with E-state index >= 15 is 0 Å². The number of fused-ring (bicyclic) bond motifs is 1. The maximum Gasteiger partial charge on any atom is 0.312 e. The zero-order valence-electron chi connectivity index (χ0n) is 16.1. The fraction of sp³-hybridized carbons (Fsp3) is 0.0870. The summed E-state index contributed by atoms with van der Waals surface area (Å²) in [7, 11) is 0. The normalized spacial score (nSPS) is 11.7. The van der Waals surface area contributed by atoms with Gasteiger partial charge in [0.05, 0.1) is 23.4 Å². The summed E-state index contributed by atoms with van der Waals surface area (Å²) in [5.41, 5.74) is 10.2. The number of benzene rings is 3. The number of imidazole rings is 1. The van der Waals surface area contributed by atoms with E-state index in [1.54, 1.807) is 30.6 Å². The topological polar surface area (TPSA) is 113 Å². The molecule has 1 unspecified atom stereocenters. The van der Waals surface area contributed by atoms with Crippen molar-refractivity contribution in [2.24, 2.45) is 5.73 Å². The van der Waals surface area contributed by atoms with Crippen molar-refractivity contribution in [3.63, 3.8) is 0 Å². The second kappa shape index (κ2) is 8.48. The zero-order chi connectivity index (χ0) is 20.9. The summed E-state index contributed by atoms with van der Waals surface area (Å²) in [6, 6.07) is 21.9. The molecule has 1 heterocycles. The molecule has 4 aromatic rings. The van der Waals surface area contributed by atoms with Gasteiger partial charge >= 0.3 is 6.03 Å². The highest BCUT2D eigenvalue weighted by Gasteiger charge is 2.18. The zero-order valence-corrected chi connectivity index (χ0v) is 16.1. The van der Waals surface area contributed by atoms with E-state index in [1.165, 1.54) is 0 Å². The summed E-state index contributed by atoms with van der Waals surface area (Å²) in [4.78, 5) is 31.2. The Morgan fingerprint density at radius 2 is 1.73 bits per heavy atom. The molecule has 1 aromatic heterocycles. The monoisotopic (exact) mass is 399 g/mol. The molecular weight excluding hydrogens is 378 g/mol. The standard InChI is InChI=1S/C23H21N5O2/c24-23(30)25-13-15-6-8-17(9-7-15)22(29)28-21(16-4-2-1-3-5-16)18-10-11-19-20(12-18)27-14-26-19/h1-12,14,21H,13H2,(H,26,27)(H,28,29)(H3,24,25,30). The highest BCUT2D eigenvalue weighted by atomic mass is 16.2. The molecular formula is C23H21N5O2. The number of nitrogens with zero attached hydrogens (tertiary/aromatic N) is 1. The smallest absolute Gasteiger partial charge is 0.312 e. The van der Waals surface area contributed by atoms with Gasteiger partial charge in [-0.3, -0.25) is 4.79 Å². The Balaban J connectivity index is 1.58. The van der Waals surface area contributed by atoms with Gasteiger partial charge in [0, 0.05) is 12.1 Å². The molecule has 0 saturated carbocycles. The Hall–Kier alpha value is -4.13. The molecule has 0 aliphatic rings. The molecule has 0 bridgehead atoms. The number of nitrogens with two attached hydrogens (primary N) is 1. The van der Waals surface area contributed by atoms with Gasteiger partial charge in [-0.05, 0) is 41.0 Å². The van der Waals surface area contributed by atoms with E-state index in [0.717, 1.165) is 27.7 Å². The Morgan fingerprint density at radius 3 is 2.47 bits per heavy atom. The van der Waals surface area contributed by atoms with Crippen LogP contribution in [0.3, 0.4) is 0 Å². The van der Waals surface area contributed by atoms with Gasteiger partial charge in [-0.1, -0.05) is 48.5 Å². The Bertz CT molecular complexity index is 1170. The van der Waals surface area contributed by atoms with E-state index in [1.807, 2.05) is 48.5 Å². The van der Waals surface area contributed by atoms with Gasteiger partial charge in [0.1, 0.15) is 0 Å². The number of rotatable bonds is 6. The van der Waals surface area contributed by atoms with Crippen molar-refractivity contribution in [2.45, 2.75) is 12.6 Å². The SMILES string of the molecule is NC(=O)NCc1ccc(C(=O)NC(c2ccccc2)c2ccc3nc[nH]c3c2)cc1. The number of primary amides is 1. The van der Waals surface area contributed by atoms with Crippen LogP contribution in [-0.2, 0) is 6.54 Å². The van der Waals surface area contributed by atoms with Crippen LogP contribution in [0.25, 0.3) is 11.0 Å². The van der Waals surface area contributed by atoms with Crippen molar-refractivity contribution >= 4 is 23.0 Å². The van der Waals surface area contributed by atoms with Crippen LogP contribution in [0.2, 0.25) is 0 Å². The number of carbonyl (C=O) groups is 2. The molecule has 3 amide bonds. The van der Waals surface area contributed by atoms with E-state index < -0.39 is 6.03 Å². The van der Waals surface area contributed by atoms with E-state index in [9.17, 15) is 9.59 Å². The number of hydrogen-bond donors (Lipinski definition) is 4. The molecule has 0 fully saturated rings. The molecule has 0 radical (unpaired) electrons. The van der Waals surface area contributed by atoms with Gasteiger partial charge in [0.25, 0.3) is 5.91 Å². The van der Waals surface area contributed by atoms with Gasteiger partial charge < -0.3 is 21.4 Å². The largest absolute Gasteiger partial charge is 0.352 e. The highest BCUT2D eigenvalue weighted by Crippen LogP contribution is 2.25. The number of aromatic nitrogens is 2. The minimum absolute atomic E-state index is 0.192. The third-order valence-electron chi connectivity index (χ3n) is 4.87. The Kier molecular flexibility index (Phi) is 5.43. The summed E-state index contributed by atoms with van der Waals surface area (Å²) in [5, 5.41) is 5.66. The lowest BCUT2D eigenvalue weighted by atomic mass is 9.97. The van der Waals surface area contributed by atoms with Crippen molar-refractivity contribution in [1.82, 2.24) is 20.6 Å². The van der Waals surface area contributed by atoms with Gasteiger partial charge in [-0.25, -0.2) is 9.78 Å². The third-order valence-corrected chi connectivity index (χ3v) is 4.87. The number of aromatic amines is 1. The lowest BCUT2D eigenvalue weighted by molar-refractivity contribution is 0.0943. The second-order valence-corrected chi connectivity index (χ2v) is 6.91. The van der Waals surface area contributed by atoms with E-state index in [-0.39, 0.29) is 11.9 Å². The number of H-pyrrole nitrogens is 1. The molecule has 30 heavy (non-hydrogen) atoms. The van der Waals surface area contributed by atoms with Crippen LogP contribution >= 0.6 is 0 Å². The molecule has 3 aromatic carbocycles. The predicted molar refractivity (Wildman–Crippen MR) is 115 cm³/mol. The van der Waals surface area contributed by atoms with Crippen molar-refractivity contribution in [2.75, 3.05) is 0 Å². The molecule has 5 N–H and O–H groups in total. The van der Waals surface area contributed by atoms with Crippen LogP contribution in [0.5, 0.6) is 0 Å². The van der Waals surface area contributed by atoms with Crippen LogP contribution in [-0.4, -0.2) is 21.9 Å². The van der Waals surface area contributed by atoms with E-state index in [2.05, 4.69) is 20.6 Å². The van der Waals surface area contributed by atoms with Crippen molar-refractivity contribution in [3.8, 4) is 0 Å². The van der Waals surface area contributed by atoms with E-state index in [0.29, 0.717) is 12.1 Å². The minimum Gasteiger partial charge on any atom is -0.352 e. The lowest BCUT2D eigenvalue weighted by Crippen LogP contribution is -2.30. The molecule has 4 rings (SSSR count). The van der Waals surface area contributed by atoms with Crippen molar-refractivity contribution in [1.29, 1.82) is 0 Å². The van der Waals surface area contributed by atoms with Crippen molar-refractivity contribution in [3.05, 3.63) is 101 Å². The number of nitrogens with one attached hydrogen (secondary N) is 3. The molecule has 7 heteroatoms. The Labute approximate surface area is 173 Å². The van der Waals surface area contributed by atoms with E-state index in [4.69, 9.17) is 5.73 Å². The number of urea groups is 1. The first kappa shape index (κ1) is 19.2. The van der Waals surface area contributed by atoms with Gasteiger partial charge in [0.2, 0.25) is 0 Å². The van der Waals surface area contributed by atoms with Gasteiger partial charge in [0.15, 0.2) is 0 Å². The number of carbonyl (C=O) groups excluding carboxylic acids is 2. The predicted octanol–water partition coefficient (Wildman–Crippen LogP) is 3.25. The number of hydrogen-bond acceptors (Lipinski definition) is 3. The fourth-order valence-corrected chi connectivity index (χ4v) is 3.31. The molecule has 7 nitrogen and oxygen atoms in total. The first-order valence-corrected chi connectivity index (χ1v) is 9.51. The molecule has 0 saturated heterocycles.